The Morgan fingerprint density at radius 2 is 1.91 bits per heavy atom. The normalized spacial score (nSPS) is 14.2. The van der Waals surface area contributed by atoms with Crippen LogP contribution in [0.1, 0.15) is 19.4 Å². The number of fused-ring (bicyclic) bond motifs is 1. The molecule has 0 fully saturated rings. The van der Waals surface area contributed by atoms with Gasteiger partial charge in [0.2, 0.25) is 6.79 Å². The lowest BCUT2D eigenvalue weighted by atomic mass is 10.2. The van der Waals surface area contributed by atoms with Crippen LogP contribution in [0.2, 0.25) is 0 Å². The summed E-state index contributed by atoms with van der Waals surface area (Å²) >= 11 is 0. The van der Waals surface area contributed by atoms with Gasteiger partial charge in [0.25, 0.3) is 0 Å². The molecule has 0 aromatic heterocycles. The van der Waals surface area contributed by atoms with E-state index in [4.69, 9.17) is 18.5 Å². The number of carbonyl (C=O) groups is 1. The molecule has 0 bridgehead atoms. The van der Waals surface area contributed by atoms with Crippen molar-refractivity contribution >= 4 is 19.6 Å². The molecule has 0 amide bonds. The molecular weight excluding hydrogens is 311 g/mol. The van der Waals surface area contributed by atoms with Crippen LogP contribution in [0.15, 0.2) is 23.5 Å². The number of carboxylic acid groups (broad SMARTS) is 1. The van der Waals surface area contributed by atoms with Gasteiger partial charge in [-0.1, -0.05) is 6.07 Å². The fraction of sp³-hybridized carbons (Fsp3) is 0.357. The molecule has 0 radical (unpaired) electrons. The van der Waals surface area contributed by atoms with Crippen molar-refractivity contribution in [3.8, 4) is 11.5 Å². The van der Waals surface area contributed by atoms with Gasteiger partial charge in [0, 0.05) is 0 Å². The van der Waals surface area contributed by atoms with E-state index in [0.717, 1.165) is 0 Å². The second-order valence-corrected chi connectivity index (χ2v) is 6.27. The zero-order valence-corrected chi connectivity index (χ0v) is 13.2. The minimum atomic E-state index is -3.88. The molecule has 1 heterocycles. The van der Waals surface area contributed by atoms with Crippen molar-refractivity contribution in [2.75, 3.05) is 20.0 Å². The number of rotatable bonds is 7. The van der Waals surface area contributed by atoms with Crippen LogP contribution in [0.4, 0.5) is 0 Å². The summed E-state index contributed by atoms with van der Waals surface area (Å²) in [5.41, 5.74) is 0.501. The Kier molecular flexibility index (Phi) is 5.24. The molecule has 0 unspecified atom stereocenters. The molecule has 0 spiro atoms. The molecule has 1 aromatic carbocycles. The monoisotopic (exact) mass is 328 g/mol. The third-order valence-corrected chi connectivity index (χ3v) is 4.92. The minimum absolute atomic E-state index is 0.0725. The van der Waals surface area contributed by atoms with Crippen LogP contribution >= 0.6 is 7.60 Å². The molecule has 1 N–H and O–H groups in total. The van der Waals surface area contributed by atoms with E-state index in [1.165, 1.54) is 6.08 Å². The van der Waals surface area contributed by atoms with Crippen molar-refractivity contribution in [1.82, 2.24) is 0 Å². The van der Waals surface area contributed by atoms with Crippen molar-refractivity contribution in [3.05, 3.63) is 29.1 Å². The van der Waals surface area contributed by atoms with Crippen LogP contribution in [0, 0.1) is 0 Å². The quantitative estimate of drug-likeness (QED) is 0.607. The van der Waals surface area contributed by atoms with Crippen molar-refractivity contribution in [2.45, 2.75) is 13.8 Å². The standard InChI is InChI=1S/C14H17O7P/c1-3-20-22(17,21-4-2)13(14(15)16)8-10-5-6-11-12(7-10)19-9-18-11/h5-8H,3-4,9H2,1-2H3,(H,15,16)/b13-8+. The van der Waals surface area contributed by atoms with Gasteiger partial charge >= 0.3 is 13.6 Å². The molecule has 7 nitrogen and oxygen atoms in total. The predicted octanol–water partition coefficient (Wildman–Crippen LogP) is 3.11. The topological polar surface area (TPSA) is 91.3 Å². The number of carboxylic acids is 1. The molecule has 22 heavy (non-hydrogen) atoms. The fourth-order valence-electron chi connectivity index (χ4n) is 1.93. The number of ether oxygens (including phenoxy) is 2. The first-order valence-electron chi connectivity index (χ1n) is 6.74. The van der Waals surface area contributed by atoms with E-state index in [9.17, 15) is 14.5 Å². The highest BCUT2D eigenvalue weighted by molar-refractivity contribution is 7.60. The molecule has 1 aromatic rings. The van der Waals surface area contributed by atoms with Gasteiger partial charge < -0.3 is 23.6 Å². The summed E-state index contributed by atoms with van der Waals surface area (Å²) in [6.45, 7) is 3.49. The largest absolute Gasteiger partial charge is 0.477 e. The van der Waals surface area contributed by atoms with E-state index in [1.54, 1.807) is 32.0 Å². The van der Waals surface area contributed by atoms with E-state index in [1.807, 2.05) is 0 Å². The highest BCUT2D eigenvalue weighted by atomic mass is 31.2. The Hall–Kier alpha value is -1.82. The second kappa shape index (κ2) is 6.96. The number of hydrogen-bond acceptors (Lipinski definition) is 6. The number of aliphatic carboxylic acids is 1. The van der Waals surface area contributed by atoms with Crippen molar-refractivity contribution in [3.63, 3.8) is 0 Å². The maximum atomic E-state index is 12.6. The Morgan fingerprint density at radius 3 is 2.50 bits per heavy atom. The molecule has 2 rings (SSSR count). The van der Waals surface area contributed by atoms with E-state index >= 15 is 0 Å². The first-order chi connectivity index (χ1) is 10.5. The Labute approximate surface area is 128 Å². The number of benzene rings is 1. The first kappa shape index (κ1) is 16.5. The van der Waals surface area contributed by atoms with Gasteiger partial charge in [0.15, 0.2) is 11.5 Å². The maximum absolute atomic E-state index is 12.6. The summed E-state index contributed by atoms with van der Waals surface area (Å²) in [7, 11) is -3.88. The van der Waals surface area contributed by atoms with E-state index < -0.39 is 18.9 Å². The molecule has 0 saturated heterocycles. The first-order valence-corrected chi connectivity index (χ1v) is 8.28. The van der Waals surface area contributed by atoms with Gasteiger partial charge in [0.05, 0.1) is 13.2 Å². The highest BCUT2D eigenvalue weighted by Gasteiger charge is 2.35. The molecule has 0 atom stereocenters. The molecule has 0 aliphatic carbocycles. The van der Waals surface area contributed by atoms with Crippen molar-refractivity contribution in [2.24, 2.45) is 0 Å². The molecule has 1 aliphatic rings. The minimum Gasteiger partial charge on any atom is -0.477 e. The predicted molar refractivity (Wildman–Crippen MR) is 79.0 cm³/mol. The Morgan fingerprint density at radius 1 is 1.27 bits per heavy atom. The maximum Gasteiger partial charge on any atom is 0.368 e. The van der Waals surface area contributed by atoms with Crippen LogP contribution < -0.4 is 9.47 Å². The summed E-state index contributed by atoms with van der Waals surface area (Å²) in [5.74, 6) is -0.282. The van der Waals surface area contributed by atoms with Crippen molar-refractivity contribution in [1.29, 1.82) is 0 Å². The zero-order valence-electron chi connectivity index (χ0n) is 12.3. The van der Waals surface area contributed by atoms with Gasteiger partial charge in [-0.25, -0.2) is 4.79 Å². The van der Waals surface area contributed by atoms with E-state index in [-0.39, 0.29) is 20.0 Å². The summed E-state index contributed by atoms with van der Waals surface area (Å²) < 4.78 is 33.2. The van der Waals surface area contributed by atoms with Crippen LogP contribution in [0.3, 0.4) is 0 Å². The molecule has 1 aliphatic heterocycles. The van der Waals surface area contributed by atoms with Gasteiger partial charge in [-0.2, -0.15) is 0 Å². The lowest BCUT2D eigenvalue weighted by Gasteiger charge is -2.17. The molecule has 0 saturated carbocycles. The van der Waals surface area contributed by atoms with Gasteiger partial charge in [-0.3, -0.25) is 4.57 Å². The number of hydrogen-bond donors (Lipinski definition) is 1. The second-order valence-electron chi connectivity index (χ2n) is 4.28. The molecule has 120 valence electrons. The molecular formula is C14H17O7P. The van der Waals surface area contributed by atoms with Gasteiger partial charge in [0.1, 0.15) is 5.31 Å². The molecule has 8 heteroatoms. The lowest BCUT2D eigenvalue weighted by molar-refractivity contribution is -0.132. The lowest BCUT2D eigenvalue weighted by Crippen LogP contribution is -2.07. The summed E-state index contributed by atoms with van der Waals surface area (Å²) in [5, 5.41) is 8.94. The third kappa shape index (κ3) is 3.50. The Bertz CT molecular complexity index is 628. The highest BCUT2D eigenvalue weighted by Crippen LogP contribution is 2.56. The fourth-order valence-corrected chi connectivity index (χ4v) is 3.51. The van der Waals surface area contributed by atoms with Crippen LogP contribution in [-0.4, -0.2) is 31.1 Å². The van der Waals surface area contributed by atoms with Crippen LogP contribution in [-0.2, 0) is 18.4 Å². The zero-order chi connectivity index (χ0) is 16.2. The smallest absolute Gasteiger partial charge is 0.368 e. The van der Waals surface area contributed by atoms with E-state index in [0.29, 0.717) is 17.1 Å². The van der Waals surface area contributed by atoms with Crippen molar-refractivity contribution < 1.29 is 33.0 Å². The average molecular weight is 328 g/mol. The summed E-state index contributed by atoms with van der Waals surface area (Å²) in [6, 6.07) is 4.89. The van der Waals surface area contributed by atoms with Gasteiger partial charge in [-0.05, 0) is 37.6 Å². The van der Waals surface area contributed by atoms with Crippen LogP contribution in [0.5, 0.6) is 11.5 Å². The average Bonchev–Trinajstić information content (AvgIpc) is 2.92. The van der Waals surface area contributed by atoms with Crippen LogP contribution in [0.25, 0.3) is 6.08 Å². The third-order valence-electron chi connectivity index (χ3n) is 2.81. The summed E-state index contributed by atoms with van der Waals surface area (Å²) in [4.78, 5) is 11.5. The Balaban J connectivity index is 2.42. The van der Waals surface area contributed by atoms with E-state index in [2.05, 4.69) is 0 Å². The summed E-state index contributed by atoms with van der Waals surface area (Å²) in [6.07, 6.45) is 1.26. The van der Waals surface area contributed by atoms with Gasteiger partial charge in [-0.15, -0.1) is 0 Å². The SMILES string of the molecule is CCOP(=O)(OCC)/C(=C/c1ccc2c(c1)OCO2)C(=O)O.